The summed E-state index contributed by atoms with van der Waals surface area (Å²) in [5.74, 6) is 0. The zero-order valence-electron chi connectivity index (χ0n) is 50.5. The molecule has 0 N–H and O–H groups in total. The fraction of sp³-hybridized carbons (Fsp3) is 0. The van der Waals surface area contributed by atoms with Crippen molar-refractivity contribution in [1.29, 1.82) is 0 Å². The zero-order valence-corrected chi connectivity index (χ0v) is 51.3. The molecule has 6 nitrogen and oxygen atoms in total. The molecule has 14 aromatic carbocycles. The van der Waals surface area contributed by atoms with E-state index in [2.05, 4.69) is 358 Å². The van der Waals surface area contributed by atoms with Crippen LogP contribution < -0.4 is 57.3 Å². The van der Waals surface area contributed by atoms with Crippen molar-refractivity contribution in [3.05, 3.63) is 334 Å². The molecule has 4 aliphatic heterocycles. The fourth-order valence-corrected chi connectivity index (χ4v) is 16.5. The Morgan fingerprint density at radius 3 is 1.26 bits per heavy atom. The lowest BCUT2D eigenvalue weighted by atomic mass is 9.31. The lowest BCUT2D eigenvalue weighted by Gasteiger charge is -2.46. The van der Waals surface area contributed by atoms with Crippen LogP contribution in [0.15, 0.2) is 348 Å². The first-order valence-electron chi connectivity index (χ1n) is 31.9. The molecular weight excluding hydrogens is 1150 g/mol. The third-order valence-corrected chi connectivity index (χ3v) is 20.3. The molecule has 0 saturated carbocycles. The number of anilines is 15. The van der Waals surface area contributed by atoms with Crippen LogP contribution in [0.1, 0.15) is 0 Å². The lowest BCUT2D eigenvalue weighted by Crippen LogP contribution is -2.64. The molecule has 93 heavy (non-hydrogen) atoms. The smallest absolute Gasteiger partial charge is 0.252 e. The minimum atomic E-state index is -0.188. The maximum Gasteiger partial charge on any atom is 0.252 e. The van der Waals surface area contributed by atoms with E-state index in [1.54, 1.807) is 0 Å². The van der Waals surface area contributed by atoms with E-state index in [-0.39, 0.29) is 13.4 Å². The second-order valence-electron chi connectivity index (χ2n) is 24.3. The fourth-order valence-electron chi connectivity index (χ4n) is 15.3. The first kappa shape index (κ1) is 53.2. The monoisotopic (exact) mass is 1200 g/mol. The SMILES string of the molecule is c1ccc(-c2cc3c(cc2N2c4cc5c(cc4B4c6ccccc6N(c6ccccc6)c6cc(N(c7ccccc7)c7ccccc7)cc2c64)B2c4ccccc4N(c4ccccc4)c4cc(N(c6ccccc6)c6ccccc6)cc(c42)S5)oc2ccccc23)cc1. The Labute approximate surface area is 545 Å². The Morgan fingerprint density at radius 1 is 0.269 bits per heavy atom. The summed E-state index contributed by atoms with van der Waals surface area (Å²) < 4.78 is 7.02. The molecular formula is C84H55B2N5OS. The molecule has 0 radical (unpaired) electrons. The Kier molecular flexibility index (Phi) is 12.3. The Hall–Kier alpha value is -11.6. The van der Waals surface area contributed by atoms with Gasteiger partial charge in [-0.15, -0.1) is 0 Å². The summed E-state index contributed by atoms with van der Waals surface area (Å²) in [6.07, 6.45) is 0. The third kappa shape index (κ3) is 8.47. The molecule has 0 unspecified atom stereocenters. The normalized spacial score (nSPS) is 13.0. The van der Waals surface area contributed by atoms with Crippen LogP contribution in [0, 0.1) is 0 Å². The number of nitrogens with zero attached hydrogens (tertiary/aromatic N) is 5. The molecule has 0 amide bonds. The maximum atomic E-state index is 7.02. The Balaban J connectivity index is 0.938. The molecule has 15 aromatic rings. The summed E-state index contributed by atoms with van der Waals surface area (Å²) in [7, 11) is 0. The van der Waals surface area contributed by atoms with Gasteiger partial charge in [-0.3, -0.25) is 0 Å². The van der Waals surface area contributed by atoms with Crippen molar-refractivity contribution in [3.63, 3.8) is 0 Å². The van der Waals surface area contributed by atoms with E-state index in [1.807, 2.05) is 11.8 Å². The van der Waals surface area contributed by atoms with Gasteiger partial charge >= 0.3 is 0 Å². The summed E-state index contributed by atoms with van der Waals surface area (Å²) in [5.41, 5.74) is 28.0. The van der Waals surface area contributed by atoms with Crippen molar-refractivity contribution in [3.8, 4) is 11.1 Å². The van der Waals surface area contributed by atoms with E-state index in [0.717, 1.165) is 107 Å². The van der Waals surface area contributed by atoms with Crippen LogP contribution in [0.25, 0.3) is 33.1 Å². The number of benzene rings is 14. The minimum Gasteiger partial charge on any atom is -0.456 e. The van der Waals surface area contributed by atoms with Gasteiger partial charge in [-0.1, -0.05) is 217 Å². The number of hydrogen-bond donors (Lipinski definition) is 0. The highest BCUT2D eigenvalue weighted by Crippen LogP contribution is 2.53. The van der Waals surface area contributed by atoms with E-state index in [1.165, 1.54) is 53.9 Å². The van der Waals surface area contributed by atoms with Crippen LogP contribution in [-0.2, 0) is 0 Å². The number of fused-ring (bicyclic) bond motifs is 11. The van der Waals surface area contributed by atoms with E-state index < -0.39 is 0 Å². The Morgan fingerprint density at radius 2 is 0.710 bits per heavy atom. The average molecular weight is 1200 g/mol. The molecule has 0 spiro atoms. The van der Waals surface area contributed by atoms with Crippen molar-refractivity contribution in [2.24, 2.45) is 0 Å². The molecule has 0 bridgehead atoms. The van der Waals surface area contributed by atoms with Crippen LogP contribution in [-0.4, -0.2) is 13.4 Å². The average Bonchev–Trinajstić information content (AvgIpc) is 0.968. The van der Waals surface area contributed by atoms with Crippen LogP contribution in [0.4, 0.5) is 85.3 Å². The number of hydrogen-bond acceptors (Lipinski definition) is 7. The molecule has 19 rings (SSSR count). The maximum absolute atomic E-state index is 7.02. The minimum absolute atomic E-state index is 0.114. The first-order chi connectivity index (χ1) is 46.2. The topological polar surface area (TPSA) is 29.3 Å². The molecule has 9 heteroatoms. The third-order valence-electron chi connectivity index (χ3n) is 19.2. The predicted octanol–water partition coefficient (Wildman–Crippen LogP) is 19.0. The summed E-state index contributed by atoms with van der Waals surface area (Å²) in [6, 6.07) is 123. The van der Waals surface area contributed by atoms with E-state index in [4.69, 9.17) is 4.42 Å². The van der Waals surface area contributed by atoms with Crippen molar-refractivity contribution in [1.82, 2.24) is 0 Å². The van der Waals surface area contributed by atoms with Gasteiger partial charge in [0.15, 0.2) is 0 Å². The van der Waals surface area contributed by atoms with Crippen LogP contribution in [0.5, 0.6) is 0 Å². The van der Waals surface area contributed by atoms with Crippen molar-refractivity contribution >= 4 is 165 Å². The van der Waals surface area contributed by atoms with Gasteiger partial charge < -0.3 is 28.9 Å². The molecule has 0 atom stereocenters. The summed E-state index contributed by atoms with van der Waals surface area (Å²) in [6.45, 7) is -0.302. The molecule has 434 valence electrons. The highest BCUT2D eigenvalue weighted by molar-refractivity contribution is 8.00. The standard InChI is InChI=1S/C84H55B2N5OS/c1-8-28-56(29-9-1)66-52-67-65-42-22-27-47-79(65)92-80(67)54-74(66)91-75-55-81-71(86-69-44-24-26-46-73(69)90(62-40-20-7-21-41-62)78-50-64(51-82(93-81)84(78)86)88(59-34-14-4-15-35-59)60-36-16-5-17-37-60)53-70(75)85-68-43-23-25-45-72(68)89(61-38-18-6-19-39-61)76-48-63(49-77(91)83(76)85)87(57-30-10-2-11-31-57)58-32-12-3-13-33-58/h1-55H. The van der Waals surface area contributed by atoms with E-state index >= 15 is 0 Å². The molecule has 0 aliphatic carbocycles. The van der Waals surface area contributed by atoms with E-state index in [0.29, 0.717) is 0 Å². The van der Waals surface area contributed by atoms with Gasteiger partial charge in [0.25, 0.3) is 6.71 Å². The first-order valence-corrected chi connectivity index (χ1v) is 32.7. The molecule has 0 fully saturated rings. The lowest BCUT2D eigenvalue weighted by molar-refractivity contribution is 0.669. The molecule has 4 aliphatic rings. The van der Waals surface area contributed by atoms with Gasteiger partial charge in [0.2, 0.25) is 6.71 Å². The quantitative estimate of drug-likeness (QED) is 0.126. The molecule has 5 heterocycles. The highest BCUT2D eigenvalue weighted by atomic mass is 32.2. The molecule has 0 saturated heterocycles. The number of furan rings is 1. The molecule has 1 aromatic heterocycles. The van der Waals surface area contributed by atoms with Gasteiger partial charge in [0.1, 0.15) is 11.2 Å². The number of para-hydroxylation sites is 9. The van der Waals surface area contributed by atoms with Crippen molar-refractivity contribution < 1.29 is 4.42 Å². The van der Waals surface area contributed by atoms with Gasteiger partial charge in [-0.05, 0) is 160 Å². The second-order valence-corrected chi connectivity index (χ2v) is 25.4. The van der Waals surface area contributed by atoms with Crippen LogP contribution >= 0.6 is 11.8 Å². The summed E-state index contributed by atoms with van der Waals surface area (Å²) in [5, 5.41) is 2.16. The van der Waals surface area contributed by atoms with Crippen LogP contribution in [0.2, 0.25) is 0 Å². The predicted molar refractivity (Wildman–Crippen MR) is 392 cm³/mol. The van der Waals surface area contributed by atoms with Gasteiger partial charge in [-0.25, -0.2) is 0 Å². The summed E-state index contributed by atoms with van der Waals surface area (Å²) in [4.78, 5) is 14.9. The zero-order chi connectivity index (χ0) is 61.1. The number of rotatable bonds is 10. The van der Waals surface area contributed by atoms with Crippen LogP contribution in [0.3, 0.4) is 0 Å². The second kappa shape index (κ2) is 21.5. The largest absolute Gasteiger partial charge is 0.456 e. The summed E-state index contributed by atoms with van der Waals surface area (Å²) >= 11 is 1.90. The van der Waals surface area contributed by atoms with Gasteiger partial charge in [0, 0.05) is 106 Å². The van der Waals surface area contributed by atoms with Crippen molar-refractivity contribution in [2.75, 3.05) is 24.5 Å². The van der Waals surface area contributed by atoms with E-state index in [9.17, 15) is 0 Å². The van der Waals surface area contributed by atoms with Crippen molar-refractivity contribution in [2.45, 2.75) is 9.79 Å². The van der Waals surface area contributed by atoms with Gasteiger partial charge in [0.05, 0.1) is 11.4 Å². The van der Waals surface area contributed by atoms with Gasteiger partial charge in [-0.2, -0.15) is 0 Å². The highest BCUT2D eigenvalue weighted by Gasteiger charge is 2.48. The Bertz CT molecular complexity index is 5330.